The molecule has 0 spiro atoms. The van der Waals surface area contributed by atoms with E-state index in [9.17, 15) is 13.2 Å². The molecule has 3 bridgehead atoms. The van der Waals surface area contributed by atoms with Crippen molar-refractivity contribution in [2.75, 3.05) is 6.54 Å². The number of rotatable bonds is 5. The maximum absolute atomic E-state index is 13.3. The fraction of sp³-hybridized carbons (Fsp3) is 0.720. The normalized spacial score (nSPS) is 35.6. The Balaban J connectivity index is 1.29. The lowest BCUT2D eigenvalue weighted by molar-refractivity contribution is -0.124. The summed E-state index contributed by atoms with van der Waals surface area (Å²) < 4.78 is 28.3. The smallest absolute Gasteiger partial charge is 0.243 e. The summed E-state index contributed by atoms with van der Waals surface area (Å²) in [6.45, 7) is 2.46. The van der Waals surface area contributed by atoms with Crippen molar-refractivity contribution < 1.29 is 13.2 Å². The van der Waals surface area contributed by atoms with Crippen LogP contribution >= 0.6 is 0 Å². The number of carbonyl (C=O) groups excluding carboxylic acids is 1. The Hall–Kier alpha value is -1.40. The first-order chi connectivity index (χ1) is 14.8. The van der Waals surface area contributed by atoms with Gasteiger partial charge >= 0.3 is 0 Å². The summed E-state index contributed by atoms with van der Waals surface area (Å²) in [5.74, 6) is 2.38. The van der Waals surface area contributed by atoms with Gasteiger partial charge in [0, 0.05) is 24.5 Å². The number of piperidine rings is 1. The highest BCUT2D eigenvalue weighted by Gasteiger charge is 2.52. The zero-order valence-electron chi connectivity index (χ0n) is 18.7. The fourth-order valence-electron chi connectivity index (χ4n) is 7.21. The van der Waals surface area contributed by atoms with Crippen LogP contribution in [0.4, 0.5) is 0 Å². The highest BCUT2D eigenvalue weighted by atomic mass is 32.2. The van der Waals surface area contributed by atoms with Gasteiger partial charge in [-0.2, -0.15) is 4.31 Å². The largest absolute Gasteiger partial charge is 0.351 e. The van der Waals surface area contributed by atoms with Crippen LogP contribution < -0.4 is 5.32 Å². The molecule has 170 valence electrons. The zero-order valence-corrected chi connectivity index (χ0v) is 19.5. The SMILES string of the molecule is Cc1ccc(S(=O)(=O)N2CCCCC2CC(=O)N[C@@]23CC4C[C@H](CCC[C@H]4C2)C3)cc1. The first-order valence-electron chi connectivity index (χ1n) is 12.2. The van der Waals surface area contributed by atoms with Gasteiger partial charge in [0.2, 0.25) is 15.9 Å². The van der Waals surface area contributed by atoms with Crippen LogP contribution in [0, 0.1) is 24.7 Å². The summed E-state index contributed by atoms with van der Waals surface area (Å²) in [6, 6.07) is 6.82. The molecule has 6 heteroatoms. The topological polar surface area (TPSA) is 66.5 Å². The number of sulfonamides is 1. The molecule has 1 N–H and O–H groups in total. The minimum absolute atomic E-state index is 0.0227. The van der Waals surface area contributed by atoms with E-state index in [0.717, 1.165) is 61.8 Å². The van der Waals surface area contributed by atoms with Crippen LogP contribution in [0.2, 0.25) is 0 Å². The lowest BCUT2D eigenvalue weighted by atomic mass is 9.75. The molecule has 5 nitrogen and oxygen atoms in total. The van der Waals surface area contributed by atoms with Gasteiger partial charge in [-0.1, -0.05) is 43.4 Å². The monoisotopic (exact) mass is 444 g/mol. The van der Waals surface area contributed by atoms with E-state index < -0.39 is 10.0 Å². The van der Waals surface area contributed by atoms with E-state index in [0.29, 0.717) is 11.4 Å². The summed E-state index contributed by atoms with van der Waals surface area (Å²) in [7, 11) is -3.58. The van der Waals surface area contributed by atoms with Crippen molar-refractivity contribution >= 4 is 15.9 Å². The number of nitrogens with zero attached hydrogens (tertiary/aromatic N) is 1. The first kappa shape index (κ1) is 21.4. The standard InChI is InChI=1S/C25H36N2O3S/c1-18-8-10-23(11-9-18)31(29,30)27-12-3-2-7-22(27)14-24(28)26-25-15-19-5-4-6-20(16-25)21(13-19)17-25/h8-11,19-22H,2-7,12-17H2,1H3,(H,26,28)/t19-,20-,21?,22?,25+/m0/s1. The molecule has 5 rings (SSSR count). The van der Waals surface area contributed by atoms with Crippen molar-refractivity contribution in [2.45, 2.75) is 94.0 Å². The number of fused-ring (bicyclic) bond motifs is 2. The third kappa shape index (κ3) is 4.18. The molecule has 4 aliphatic rings. The van der Waals surface area contributed by atoms with Crippen LogP contribution in [0.25, 0.3) is 0 Å². The molecule has 2 unspecified atom stereocenters. The number of nitrogens with one attached hydrogen (secondary N) is 1. The van der Waals surface area contributed by atoms with E-state index in [2.05, 4.69) is 5.32 Å². The number of carbonyl (C=O) groups is 1. The molecule has 1 aromatic carbocycles. The highest BCUT2D eigenvalue weighted by Crippen LogP contribution is 2.55. The van der Waals surface area contributed by atoms with E-state index in [-0.39, 0.29) is 23.9 Å². The van der Waals surface area contributed by atoms with Crippen LogP contribution in [-0.4, -0.2) is 36.8 Å². The van der Waals surface area contributed by atoms with Crippen molar-refractivity contribution in [3.8, 4) is 0 Å². The average molecular weight is 445 g/mol. The summed E-state index contributed by atoms with van der Waals surface area (Å²) in [6.07, 6.45) is 11.6. The molecule has 5 atom stereocenters. The molecule has 3 aliphatic carbocycles. The average Bonchev–Trinajstić information content (AvgIpc) is 2.87. The van der Waals surface area contributed by atoms with Gasteiger partial charge in [-0.3, -0.25) is 4.79 Å². The Morgan fingerprint density at radius 2 is 1.81 bits per heavy atom. The number of aryl methyl sites for hydroxylation is 1. The second-order valence-electron chi connectivity index (χ2n) is 10.8. The molecule has 3 saturated carbocycles. The molecule has 1 amide bonds. The van der Waals surface area contributed by atoms with Gasteiger partial charge in [-0.05, 0) is 75.3 Å². The molecule has 0 aromatic heterocycles. The Morgan fingerprint density at radius 1 is 1.03 bits per heavy atom. The van der Waals surface area contributed by atoms with Gasteiger partial charge in [0.15, 0.2) is 0 Å². The highest BCUT2D eigenvalue weighted by molar-refractivity contribution is 7.89. The third-order valence-electron chi connectivity index (χ3n) is 8.50. The molecule has 1 aromatic rings. The van der Waals surface area contributed by atoms with E-state index in [1.807, 2.05) is 19.1 Å². The van der Waals surface area contributed by atoms with Crippen molar-refractivity contribution in [3.05, 3.63) is 29.8 Å². The first-order valence-corrected chi connectivity index (χ1v) is 13.7. The minimum atomic E-state index is -3.58. The van der Waals surface area contributed by atoms with Crippen molar-refractivity contribution in [2.24, 2.45) is 17.8 Å². The van der Waals surface area contributed by atoms with Gasteiger partial charge in [0.05, 0.1) is 4.90 Å². The van der Waals surface area contributed by atoms with Crippen LogP contribution in [0.3, 0.4) is 0 Å². The van der Waals surface area contributed by atoms with Crippen LogP contribution in [0.15, 0.2) is 29.2 Å². The van der Waals surface area contributed by atoms with Crippen LogP contribution in [0.5, 0.6) is 0 Å². The van der Waals surface area contributed by atoms with Gasteiger partial charge < -0.3 is 5.32 Å². The quantitative estimate of drug-likeness (QED) is 0.732. The van der Waals surface area contributed by atoms with E-state index in [1.165, 1.54) is 25.7 Å². The van der Waals surface area contributed by atoms with Gasteiger partial charge in [0.1, 0.15) is 0 Å². The second kappa shape index (κ2) is 8.18. The number of amides is 1. The third-order valence-corrected chi connectivity index (χ3v) is 10.5. The molecular formula is C25H36N2O3S. The lowest BCUT2D eigenvalue weighted by Gasteiger charge is -2.40. The molecule has 31 heavy (non-hydrogen) atoms. The summed E-state index contributed by atoms with van der Waals surface area (Å²) in [5, 5.41) is 3.46. The number of hydrogen-bond donors (Lipinski definition) is 1. The minimum Gasteiger partial charge on any atom is -0.351 e. The predicted octanol–water partition coefficient (Wildman–Crippen LogP) is 4.40. The second-order valence-corrected chi connectivity index (χ2v) is 12.7. The molecule has 0 radical (unpaired) electrons. The maximum atomic E-state index is 13.3. The van der Waals surface area contributed by atoms with Crippen molar-refractivity contribution in [3.63, 3.8) is 0 Å². The molecule has 1 aliphatic heterocycles. The van der Waals surface area contributed by atoms with E-state index in [4.69, 9.17) is 0 Å². The van der Waals surface area contributed by atoms with Gasteiger partial charge in [-0.15, -0.1) is 0 Å². The number of benzene rings is 1. The molecule has 4 fully saturated rings. The summed E-state index contributed by atoms with van der Waals surface area (Å²) in [4.78, 5) is 13.5. The van der Waals surface area contributed by atoms with Crippen LogP contribution in [-0.2, 0) is 14.8 Å². The summed E-state index contributed by atoms with van der Waals surface area (Å²) >= 11 is 0. The number of hydrogen-bond acceptors (Lipinski definition) is 3. The zero-order chi connectivity index (χ0) is 21.6. The van der Waals surface area contributed by atoms with Crippen LogP contribution in [0.1, 0.15) is 76.2 Å². The van der Waals surface area contributed by atoms with Gasteiger partial charge in [0.25, 0.3) is 0 Å². The Morgan fingerprint density at radius 3 is 2.61 bits per heavy atom. The molecular weight excluding hydrogens is 408 g/mol. The van der Waals surface area contributed by atoms with Gasteiger partial charge in [-0.25, -0.2) is 8.42 Å². The molecule has 1 heterocycles. The fourth-order valence-corrected chi connectivity index (χ4v) is 8.90. The Bertz CT molecular complexity index is 925. The van der Waals surface area contributed by atoms with E-state index in [1.54, 1.807) is 16.4 Å². The lowest BCUT2D eigenvalue weighted by Crippen LogP contribution is -2.52. The van der Waals surface area contributed by atoms with Crippen molar-refractivity contribution in [1.82, 2.24) is 9.62 Å². The Labute approximate surface area is 187 Å². The maximum Gasteiger partial charge on any atom is 0.243 e. The van der Waals surface area contributed by atoms with E-state index >= 15 is 0 Å². The van der Waals surface area contributed by atoms with Crippen molar-refractivity contribution in [1.29, 1.82) is 0 Å². The summed E-state index contributed by atoms with van der Waals surface area (Å²) in [5.41, 5.74) is 1.02. The molecule has 1 saturated heterocycles. The Kier molecular flexibility index (Phi) is 5.66. The predicted molar refractivity (Wildman–Crippen MR) is 121 cm³/mol.